The molecule has 0 bridgehead atoms. The first-order valence-corrected chi connectivity index (χ1v) is 8.65. The number of likely N-dealkylation sites (tertiary alicyclic amines) is 1. The maximum atomic E-state index is 12.9. The number of amides is 1. The highest BCUT2D eigenvalue weighted by molar-refractivity contribution is 5.95. The molecule has 1 amide bonds. The molecule has 1 N–H and O–H groups in total. The van der Waals surface area contributed by atoms with Crippen LogP contribution in [0.5, 0.6) is 5.75 Å². The van der Waals surface area contributed by atoms with Crippen molar-refractivity contribution in [3.8, 4) is 5.75 Å². The Labute approximate surface area is 152 Å². The van der Waals surface area contributed by atoms with Crippen LogP contribution in [-0.4, -0.2) is 65.6 Å². The van der Waals surface area contributed by atoms with Crippen LogP contribution in [0.25, 0.3) is 5.65 Å². The largest absolute Gasteiger partial charge is 0.490 e. The third-order valence-corrected chi connectivity index (χ3v) is 4.66. The summed E-state index contributed by atoms with van der Waals surface area (Å²) >= 11 is 0. The van der Waals surface area contributed by atoms with Crippen LogP contribution in [0.3, 0.4) is 0 Å². The first-order chi connectivity index (χ1) is 12.5. The van der Waals surface area contributed by atoms with Gasteiger partial charge in [0.25, 0.3) is 5.91 Å². The number of nitrogens with zero attached hydrogens (tertiary/aromatic N) is 3. The molecule has 26 heavy (non-hydrogen) atoms. The number of hydrogen-bond acceptors (Lipinski definition) is 6. The summed E-state index contributed by atoms with van der Waals surface area (Å²) in [6, 6.07) is 3.20. The fourth-order valence-corrected chi connectivity index (χ4v) is 3.47. The molecule has 1 saturated heterocycles. The number of rotatable bonds is 5. The van der Waals surface area contributed by atoms with Gasteiger partial charge in [0, 0.05) is 18.8 Å². The van der Waals surface area contributed by atoms with Gasteiger partial charge in [-0.2, -0.15) is 0 Å². The van der Waals surface area contributed by atoms with Gasteiger partial charge in [0.05, 0.1) is 19.4 Å². The number of nitrogens with one attached hydrogen (secondary N) is 1. The number of methoxy groups -OCH3 is 1. The van der Waals surface area contributed by atoms with Crippen LogP contribution in [0.4, 0.5) is 0 Å². The van der Waals surface area contributed by atoms with Crippen LogP contribution in [0, 0.1) is 6.92 Å². The Morgan fingerprint density at radius 3 is 2.88 bits per heavy atom. The van der Waals surface area contributed by atoms with Crippen molar-refractivity contribution in [1.29, 1.82) is 0 Å². The Hall–Kier alpha value is -2.61. The van der Waals surface area contributed by atoms with Crippen LogP contribution >= 0.6 is 0 Å². The topological polar surface area (TPSA) is 85.2 Å². The average molecular weight is 360 g/mol. The zero-order valence-corrected chi connectivity index (χ0v) is 15.5. The molecule has 3 heterocycles. The SMILES string of the molecule is CCOc1cccn2c(C(=O)N[C@H]3C[C@@H](C(=O)OC)N(C)C3)c(C)nc12. The van der Waals surface area contributed by atoms with E-state index in [0.717, 1.165) is 0 Å². The monoisotopic (exact) mass is 360 g/mol. The lowest BCUT2D eigenvalue weighted by molar-refractivity contribution is -0.145. The first kappa shape index (κ1) is 18.2. The zero-order chi connectivity index (χ0) is 18.8. The van der Waals surface area contributed by atoms with Crippen molar-refractivity contribution in [1.82, 2.24) is 19.6 Å². The molecular formula is C18H24N4O4. The number of fused-ring (bicyclic) bond motifs is 1. The second kappa shape index (κ2) is 7.33. The standard InChI is InChI=1S/C18H24N4O4/c1-5-26-14-7-6-8-22-15(11(2)19-16(14)22)17(23)20-12-9-13(18(24)25-4)21(3)10-12/h6-8,12-13H,5,9-10H2,1-4H3,(H,20,23)/t12-,13-/m0/s1. The number of carbonyl (C=O) groups excluding carboxylic acids is 2. The number of imidazole rings is 1. The van der Waals surface area contributed by atoms with Crippen LogP contribution < -0.4 is 10.1 Å². The predicted octanol–water partition coefficient (Wildman–Crippen LogP) is 1.02. The number of ether oxygens (including phenoxy) is 2. The molecule has 3 rings (SSSR count). The second-order valence-corrected chi connectivity index (χ2v) is 6.43. The minimum Gasteiger partial charge on any atom is -0.490 e. The number of pyridine rings is 1. The number of esters is 1. The van der Waals surface area contributed by atoms with E-state index in [4.69, 9.17) is 9.47 Å². The smallest absolute Gasteiger partial charge is 0.323 e. The quantitative estimate of drug-likeness (QED) is 0.802. The first-order valence-electron chi connectivity index (χ1n) is 8.65. The van der Waals surface area contributed by atoms with Gasteiger partial charge in [0.1, 0.15) is 11.7 Å². The van der Waals surface area contributed by atoms with Gasteiger partial charge in [-0.25, -0.2) is 4.98 Å². The zero-order valence-electron chi connectivity index (χ0n) is 15.5. The van der Waals surface area contributed by atoms with Crippen LogP contribution in [0.1, 0.15) is 29.5 Å². The van der Waals surface area contributed by atoms with E-state index in [1.807, 2.05) is 31.0 Å². The van der Waals surface area contributed by atoms with Gasteiger partial charge in [0.15, 0.2) is 11.4 Å². The Balaban J connectivity index is 1.82. The van der Waals surface area contributed by atoms with E-state index in [-0.39, 0.29) is 24.0 Å². The number of likely N-dealkylation sites (N-methyl/N-ethyl adjacent to an activating group) is 1. The molecule has 2 aromatic heterocycles. The summed E-state index contributed by atoms with van der Waals surface area (Å²) in [5, 5.41) is 3.02. The minimum absolute atomic E-state index is 0.128. The van der Waals surface area contributed by atoms with Crippen LogP contribution in [0.2, 0.25) is 0 Å². The van der Waals surface area contributed by atoms with Crippen molar-refractivity contribution in [2.24, 2.45) is 0 Å². The molecule has 2 atom stereocenters. The summed E-state index contributed by atoms with van der Waals surface area (Å²) in [6.07, 6.45) is 2.32. The molecule has 0 radical (unpaired) electrons. The van der Waals surface area contributed by atoms with Gasteiger partial charge in [-0.1, -0.05) is 0 Å². The second-order valence-electron chi connectivity index (χ2n) is 6.43. The van der Waals surface area contributed by atoms with Gasteiger partial charge in [-0.05, 0) is 39.4 Å². The van der Waals surface area contributed by atoms with Crippen molar-refractivity contribution < 1.29 is 19.1 Å². The van der Waals surface area contributed by atoms with Gasteiger partial charge < -0.3 is 14.8 Å². The summed E-state index contributed by atoms with van der Waals surface area (Å²) in [7, 11) is 3.22. The molecule has 8 nitrogen and oxygen atoms in total. The molecule has 1 aliphatic rings. The summed E-state index contributed by atoms with van der Waals surface area (Å²) in [5.74, 6) is 0.146. The van der Waals surface area contributed by atoms with E-state index < -0.39 is 0 Å². The predicted molar refractivity (Wildman–Crippen MR) is 95.4 cm³/mol. The molecule has 0 saturated carbocycles. The molecule has 2 aromatic rings. The maximum Gasteiger partial charge on any atom is 0.323 e. The maximum absolute atomic E-state index is 12.9. The molecule has 1 fully saturated rings. The highest BCUT2D eigenvalue weighted by atomic mass is 16.5. The van der Waals surface area contributed by atoms with Gasteiger partial charge in [-0.15, -0.1) is 0 Å². The molecule has 1 aliphatic heterocycles. The Kier molecular flexibility index (Phi) is 5.13. The third-order valence-electron chi connectivity index (χ3n) is 4.66. The molecule has 0 aliphatic carbocycles. The molecule has 8 heteroatoms. The lowest BCUT2D eigenvalue weighted by atomic mass is 10.1. The summed E-state index contributed by atoms with van der Waals surface area (Å²) in [4.78, 5) is 31.1. The molecule has 0 aromatic carbocycles. The Morgan fingerprint density at radius 1 is 1.42 bits per heavy atom. The molecule has 0 spiro atoms. The van der Waals surface area contributed by atoms with Crippen molar-refractivity contribution in [2.75, 3.05) is 27.3 Å². The minimum atomic E-state index is -0.335. The fourth-order valence-electron chi connectivity index (χ4n) is 3.47. The molecular weight excluding hydrogens is 336 g/mol. The highest BCUT2D eigenvalue weighted by Gasteiger charge is 2.36. The van der Waals surface area contributed by atoms with Crippen molar-refractivity contribution in [3.63, 3.8) is 0 Å². The summed E-state index contributed by atoms with van der Waals surface area (Å²) in [5.41, 5.74) is 1.73. The molecule has 140 valence electrons. The Morgan fingerprint density at radius 2 is 2.19 bits per heavy atom. The van der Waals surface area contributed by atoms with E-state index in [0.29, 0.717) is 42.4 Å². The Bertz CT molecular complexity index is 832. The van der Waals surface area contributed by atoms with Gasteiger partial charge in [0.2, 0.25) is 0 Å². The van der Waals surface area contributed by atoms with E-state index in [2.05, 4.69) is 10.3 Å². The lowest BCUT2D eigenvalue weighted by Gasteiger charge is -2.15. The van der Waals surface area contributed by atoms with Crippen LogP contribution in [0.15, 0.2) is 18.3 Å². The fraction of sp³-hybridized carbons (Fsp3) is 0.500. The normalized spacial score (nSPS) is 20.3. The molecule has 0 unspecified atom stereocenters. The summed E-state index contributed by atoms with van der Waals surface area (Å²) < 4.78 is 12.2. The van der Waals surface area contributed by atoms with E-state index in [9.17, 15) is 9.59 Å². The number of carbonyl (C=O) groups is 2. The van der Waals surface area contributed by atoms with Crippen molar-refractivity contribution in [3.05, 3.63) is 29.7 Å². The van der Waals surface area contributed by atoms with Crippen molar-refractivity contribution >= 4 is 17.5 Å². The number of aryl methyl sites for hydroxylation is 1. The lowest BCUT2D eigenvalue weighted by Crippen LogP contribution is -2.37. The summed E-state index contributed by atoms with van der Waals surface area (Å²) in [6.45, 7) is 4.82. The van der Waals surface area contributed by atoms with Gasteiger partial charge in [-0.3, -0.25) is 18.9 Å². The number of hydrogen-bond donors (Lipinski definition) is 1. The van der Waals surface area contributed by atoms with Gasteiger partial charge >= 0.3 is 5.97 Å². The van der Waals surface area contributed by atoms with Crippen LogP contribution in [-0.2, 0) is 9.53 Å². The highest BCUT2D eigenvalue weighted by Crippen LogP contribution is 2.23. The van der Waals surface area contributed by atoms with E-state index >= 15 is 0 Å². The van der Waals surface area contributed by atoms with E-state index in [1.54, 1.807) is 17.5 Å². The third kappa shape index (κ3) is 3.24. The number of aromatic nitrogens is 2. The average Bonchev–Trinajstić information content (AvgIpc) is 3.14. The van der Waals surface area contributed by atoms with Crippen molar-refractivity contribution in [2.45, 2.75) is 32.4 Å². The van der Waals surface area contributed by atoms with E-state index in [1.165, 1.54) is 7.11 Å².